The van der Waals surface area contributed by atoms with E-state index in [-0.39, 0.29) is 5.91 Å². The van der Waals surface area contributed by atoms with Gasteiger partial charge in [0.05, 0.1) is 0 Å². The molecular formula is C17H26N2O2. The van der Waals surface area contributed by atoms with Crippen LogP contribution < -0.4 is 15.4 Å². The van der Waals surface area contributed by atoms with Gasteiger partial charge >= 0.3 is 0 Å². The smallest absolute Gasteiger partial charge is 0.261 e. The third-order valence-electron chi connectivity index (χ3n) is 3.08. The molecule has 116 valence electrons. The number of hydrogen-bond donors (Lipinski definition) is 2. The second-order valence-corrected chi connectivity index (χ2v) is 5.39. The molecule has 2 N–H and O–H groups in total. The van der Waals surface area contributed by atoms with Crippen LogP contribution in [0.2, 0.25) is 0 Å². The molecule has 0 heterocycles. The van der Waals surface area contributed by atoms with E-state index in [0.717, 1.165) is 23.4 Å². The molecule has 0 fully saturated rings. The molecule has 0 bridgehead atoms. The fraction of sp³-hybridized carbons (Fsp3) is 0.471. The maximum Gasteiger partial charge on any atom is 0.261 e. The van der Waals surface area contributed by atoms with Crippen LogP contribution in [0.15, 0.2) is 30.9 Å². The van der Waals surface area contributed by atoms with Gasteiger partial charge in [-0.3, -0.25) is 4.79 Å². The van der Waals surface area contributed by atoms with Gasteiger partial charge in [-0.1, -0.05) is 38.1 Å². The van der Waals surface area contributed by atoms with Crippen LogP contribution in [0.3, 0.4) is 0 Å². The molecule has 0 aliphatic carbocycles. The number of benzene rings is 1. The van der Waals surface area contributed by atoms with E-state index in [4.69, 9.17) is 4.74 Å². The van der Waals surface area contributed by atoms with E-state index in [2.05, 4.69) is 31.1 Å². The van der Waals surface area contributed by atoms with Crippen LogP contribution in [0.1, 0.15) is 31.9 Å². The first-order valence-corrected chi connectivity index (χ1v) is 7.32. The molecule has 4 nitrogen and oxygen atoms in total. The highest BCUT2D eigenvalue weighted by Crippen LogP contribution is 2.24. The van der Waals surface area contributed by atoms with E-state index >= 15 is 0 Å². The Morgan fingerprint density at radius 1 is 1.38 bits per heavy atom. The van der Waals surface area contributed by atoms with Gasteiger partial charge in [-0.05, 0) is 19.4 Å². The molecule has 1 amide bonds. The largest absolute Gasteiger partial charge is 0.480 e. The molecule has 0 aromatic heterocycles. The third kappa shape index (κ3) is 5.60. The zero-order chi connectivity index (χ0) is 15.8. The van der Waals surface area contributed by atoms with E-state index in [0.29, 0.717) is 12.6 Å². The van der Waals surface area contributed by atoms with Crippen LogP contribution in [0, 0.1) is 6.92 Å². The number of para-hydroxylation sites is 1. The SMILES string of the molecule is C=CCNC(=O)C(C)Oc1c(C)cccc1CNC(C)C. The number of nitrogens with one attached hydrogen (secondary N) is 2. The highest BCUT2D eigenvalue weighted by Gasteiger charge is 2.17. The van der Waals surface area contributed by atoms with Crippen molar-refractivity contribution in [3.63, 3.8) is 0 Å². The second kappa shape index (κ2) is 8.47. The number of rotatable bonds is 8. The summed E-state index contributed by atoms with van der Waals surface area (Å²) in [6.45, 7) is 12.7. The number of carbonyl (C=O) groups is 1. The standard InChI is InChI=1S/C17H26N2O2/c1-6-10-18-17(20)14(5)21-16-13(4)8-7-9-15(16)11-19-12(2)3/h6-9,12,14,19H,1,10-11H2,2-5H3,(H,18,20). The summed E-state index contributed by atoms with van der Waals surface area (Å²) < 4.78 is 5.88. The zero-order valence-corrected chi connectivity index (χ0v) is 13.4. The van der Waals surface area contributed by atoms with Crippen molar-refractivity contribution in [3.05, 3.63) is 42.0 Å². The summed E-state index contributed by atoms with van der Waals surface area (Å²) in [6, 6.07) is 6.41. The molecule has 1 aromatic rings. The van der Waals surface area contributed by atoms with Gasteiger partial charge in [-0.2, -0.15) is 0 Å². The maximum atomic E-state index is 11.9. The second-order valence-electron chi connectivity index (χ2n) is 5.39. The van der Waals surface area contributed by atoms with E-state index in [1.807, 2.05) is 25.1 Å². The van der Waals surface area contributed by atoms with Gasteiger partial charge < -0.3 is 15.4 Å². The Morgan fingerprint density at radius 2 is 2.10 bits per heavy atom. The lowest BCUT2D eigenvalue weighted by Crippen LogP contribution is -2.36. The molecule has 1 rings (SSSR count). The van der Waals surface area contributed by atoms with Gasteiger partial charge in [0.25, 0.3) is 5.91 Å². The summed E-state index contributed by atoms with van der Waals surface area (Å²) in [5.41, 5.74) is 2.09. The summed E-state index contributed by atoms with van der Waals surface area (Å²) >= 11 is 0. The maximum absolute atomic E-state index is 11.9. The average molecular weight is 290 g/mol. The lowest BCUT2D eigenvalue weighted by atomic mass is 10.1. The average Bonchev–Trinajstić information content (AvgIpc) is 2.45. The van der Waals surface area contributed by atoms with Gasteiger partial charge in [0.1, 0.15) is 5.75 Å². The minimum Gasteiger partial charge on any atom is -0.480 e. The Kier molecular flexibility index (Phi) is 6.96. The van der Waals surface area contributed by atoms with E-state index in [9.17, 15) is 4.79 Å². The van der Waals surface area contributed by atoms with Crippen LogP contribution in [-0.2, 0) is 11.3 Å². The molecule has 21 heavy (non-hydrogen) atoms. The number of amides is 1. The number of hydrogen-bond acceptors (Lipinski definition) is 3. The van der Waals surface area contributed by atoms with Crippen molar-refractivity contribution < 1.29 is 9.53 Å². The van der Waals surface area contributed by atoms with Crippen LogP contribution >= 0.6 is 0 Å². The number of ether oxygens (including phenoxy) is 1. The predicted molar refractivity (Wildman–Crippen MR) is 86.5 cm³/mol. The molecule has 0 saturated heterocycles. The van der Waals surface area contributed by atoms with Crippen LogP contribution in [0.5, 0.6) is 5.75 Å². The molecule has 4 heteroatoms. The molecule has 1 unspecified atom stereocenters. The first-order valence-electron chi connectivity index (χ1n) is 7.32. The first kappa shape index (κ1) is 17.2. The molecule has 0 radical (unpaired) electrons. The van der Waals surface area contributed by atoms with Gasteiger partial charge in [0, 0.05) is 24.7 Å². The molecule has 0 spiro atoms. The fourth-order valence-electron chi connectivity index (χ4n) is 1.88. The van der Waals surface area contributed by atoms with Crippen LogP contribution in [-0.4, -0.2) is 24.6 Å². The summed E-state index contributed by atoms with van der Waals surface area (Å²) in [6.07, 6.45) is 1.11. The Labute approximate surface area is 127 Å². The van der Waals surface area contributed by atoms with Crippen molar-refractivity contribution in [2.45, 2.75) is 46.4 Å². The normalized spacial score (nSPS) is 12.0. The van der Waals surface area contributed by atoms with Crippen molar-refractivity contribution >= 4 is 5.91 Å². The minimum absolute atomic E-state index is 0.138. The zero-order valence-electron chi connectivity index (χ0n) is 13.4. The molecule has 0 aliphatic heterocycles. The van der Waals surface area contributed by atoms with Crippen molar-refractivity contribution in [1.82, 2.24) is 10.6 Å². The van der Waals surface area contributed by atoms with Gasteiger partial charge in [-0.15, -0.1) is 6.58 Å². The summed E-state index contributed by atoms with van der Waals surface area (Å²) in [5, 5.41) is 6.12. The highest BCUT2D eigenvalue weighted by atomic mass is 16.5. The van der Waals surface area contributed by atoms with E-state index in [1.165, 1.54) is 0 Å². The minimum atomic E-state index is -0.538. The number of carbonyl (C=O) groups excluding carboxylic acids is 1. The van der Waals surface area contributed by atoms with E-state index in [1.54, 1.807) is 13.0 Å². The third-order valence-corrected chi connectivity index (χ3v) is 3.08. The fourth-order valence-corrected chi connectivity index (χ4v) is 1.88. The summed E-state index contributed by atoms with van der Waals surface area (Å²) in [5.74, 6) is 0.646. The monoisotopic (exact) mass is 290 g/mol. The van der Waals surface area contributed by atoms with Crippen molar-refractivity contribution in [2.75, 3.05) is 6.54 Å². The Balaban J connectivity index is 2.80. The summed E-state index contributed by atoms with van der Waals surface area (Å²) in [4.78, 5) is 11.9. The molecular weight excluding hydrogens is 264 g/mol. The first-order chi connectivity index (χ1) is 9.95. The van der Waals surface area contributed by atoms with E-state index < -0.39 is 6.10 Å². The number of aryl methyl sites for hydroxylation is 1. The topological polar surface area (TPSA) is 50.4 Å². The lowest BCUT2D eigenvalue weighted by molar-refractivity contribution is -0.127. The quantitative estimate of drug-likeness (QED) is 0.724. The van der Waals surface area contributed by atoms with Gasteiger partial charge in [0.15, 0.2) is 6.10 Å². The molecule has 0 saturated carbocycles. The van der Waals surface area contributed by atoms with Crippen LogP contribution in [0.4, 0.5) is 0 Å². The van der Waals surface area contributed by atoms with Crippen molar-refractivity contribution in [1.29, 1.82) is 0 Å². The Bertz CT molecular complexity index is 484. The summed E-state index contributed by atoms with van der Waals surface area (Å²) in [7, 11) is 0. The van der Waals surface area contributed by atoms with Gasteiger partial charge in [-0.25, -0.2) is 0 Å². The Hall–Kier alpha value is -1.81. The van der Waals surface area contributed by atoms with Gasteiger partial charge in [0.2, 0.25) is 0 Å². The molecule has 1 aromatic carbocycles. The Morgan fingerprint density at radius 3 is 2.71 bits per heavy atom. The highest BCUT2D eigenvalue weighted by molar-refractivity contribution is 5.80. The van der Waals surface area contributed by atoms with Crippen molar-refractivity contribution in [3.8, 4) is 5.75 Å². The molecule has 1 atom stereocenters. The lowest BCUT2D eigenvalue weighted by Gasteiger charge is -2.19. The van der Waals surface area contributed by atoms with Crippen LogP contribution in [0.25, 0.3) is 0 Å². The molecule has 0 aliphatic rings. The van der Waals surface area contributed by atoms with Crippen molar-refractivity contribution in [2.24, 2.45) is 0 Å². The predicted octanol–water partition coefficient (Wildman–Crippen LogP) is 2.56.